The molecule has 3 nitrogen and oxygen atoms in total. The number of hydrogen-bond acceptors (Lipinski definition) is 3. The average Bonchev–Trinajstić information content (AvgIpc) is 3.51. The van der Waals surface area contributed by atoms with Gasteiger partial charge in [-0.2, -0.15) is 0 Å². The molecule has 2 aromatic heterocycles. The molecule has 7 rings (SSSR count). The molecule has 0 fully saturated rings. The fraction of sp³-hybridized carbons (Fsp3) is 0. The number of para-hydroxylation sites is 3. The van der Waals surface area contributed by atoms with E-state index in [0.717, 1.165) is 60.9 Å². The van der Waals surface area contributed by atoms with Gasteiger partial charge < -0.3 is 8.83 Å². The van der Waals surface area contributed by atoms with Gasteiger partial charge in [0.05, 0.1) is 0 Å². The predicted octanol–water partition coefficient (Wildman–Crippen LogP) is 8.73. The first-order valence-electron chi connectivity index (χ1n) is 11.3. The van der Waals surface area contributed by atoms with Crippen LogP contribution in [0.5, 0.6) is 0 Å². The molecule has 0 unspecified atom stereocenters. The van der Waals surface area contributed by atoms with Crippen molar-refractivity contribution in [3.05, 3.63) is 115 Å². The van der Waals surface area contributed by atoms with Gasteiger partial charge in [-0.15, -0.1) is 0 Å². The molecule has 2 heterocycles. The zero-order valence-corrected chi connectivity index (χ0v) is 18.2. The Morgan fingerprint density at radius 3 is 1.94 bits per heavy atom. The molecule has 0 atom stereocenters. The third kappa shape index (κ3) is 2.95. The van der Waals surface area contributed by atoms with Gasteiger partial charge in [0.25, 0.3) is 0 Å². The second kappa shape index (κ2) is 7.46. The fourth-order valence-corrected chi connectivity index (χ4v) is 4.68. The molecule has 0 saturated heterocycles. The molecule has 34 heavy (non-hydrogen) atoms. The molecule has 3 heteroatoms. The summed E-state index contributed by atoms with van der Waals surface area (Å²) in [6.07, 6.45) is 0. The van der Waals surface area contributed by atoms with Crippen LogP contribution in [-0.2, 0) is 0 Å². The topological polar surface area (TPSA) is 39.2 Å². The van der Waals surface area contributed by atoms with Crippen molar-refractivity contribution in [1.82, 2.24) is 4.98 Å². The number of fused-ring (bicyclic) bond motifs is 4. The van der Waals surface area contributed by atoms with Gasteiger partial charge in [0, 0.05) is 27.5 Å². The molecule has 0 aliphatic carbocycles. The minimum atomic E-state index is 0.617. The number of nitrogens with zero attached hydrogens (tertiary/aromatic N) is 1. The lowest BCUT2D eigenvalue weighted by Crippen LogP contribution is -1.81. The highest BCUT2D eigenvalue weighted by atomic mass is 16.3. The summed E-state index contributed by atoms with van der Waals surface area (Å²) < 4.78 is 12.5. The highest BCUT2D eigenvalue weighted by molar-refractivity contribution is 6.09. The SMILES string of the molecule is c1ccc(-c2cccc3nc(-c4ccc(-c5cccc6c5oc5ccccc56)cc4)oc23)cc1. The Balaban J connectivity index is 1.31. The van der Waals surface area contributed by atoms with Crippen LogP contribution in [0.25, 0.3) is 66.7 Å². The van der Waals surface area contributed by atoms with E-state index < -0.39 is 0 Å². The summed E-state index contributed by atoms with van der Waals surface area (Å²) in [6.45, 7) is 0. The van der Waals surface area contributed by atoms with Crippen molar-refractivity contribution in [2.45, 2.75) is 0 Å². The Bertz CT molecular complexity index is 1790. The Hall–Kier alpha value is -4.63. The number of hydrogen-bond donors (Lipinski definition) is 0. The molecule has 0 N–H and O–H groups in total. The van der Waals surface area contributed by atoms with Crippen LogP contribution in [0, 0.1) is 0 Å². The van der Waals surface area contributed by atoms with Crippen LogP contribution in [0.2, 0.25) is 0 Å². The van der Waals surface area contributed by atoms with Crippen molar-refractivity contribution < 1.29 is 8.83 Å². The van der Waals surface area contributed by atoms with Crippen LogP contribution in [0.1, 0.15) is 0 Å². The third-order valence-corrected chi connectivity index (χ3v) is 6.35. The zero-order valence-electron chi connectivity index (χ0n) is 18.2. The van der Waals surface area contributed by atoms with E-state index in [0.29, 0.717) is 5.89 Å². The van der Waals surface area contributed by atoms with Crippen LogP contribution < -0.4 is 0 Å². The van der Waals surface area contributed by atoms with Crippen molar-refractivity contribution in [1.29, 1.82) is 0 Å². The third-order valence-electron chi connectivity index (χ3n) is 6.35. The second-order valence-corrected chi connectivity index (χ2v) is 8.40. The van der Waals surface area contributed by atoms with E-state index in [4.69, 9.17) is 13.8 Å². The van der Waals surface area contributed by atoms with E-state index in [1.165, 1.54) is 0 Å². The molecule has 0 bridgehead atoms. The Labute approximate surface area is 195 Å². The molecule has 0 aliphatic rings. The summed E-state index contributed by atoms with van der Waals surface area (Å²) in [5, 5.41) is 2.27. The summed E-state index contributed by atoms with van der Waals surface area (Å²) in [6, 6.07) is 39.1. The summed E-state index contributed by atoms with van der Waals surface area (Å²) in [5.74, 6) is 0.617. The van der Waals surface area contributed by atoms with Crippen molar-refractivity contribution in [3.63, 3.8) is 0 Å². The lowest BCUT2D eigenvalue weighted by Gasteiger charge is -2.04. The molecule has 5 aromatic carbocycles. The Morgan fingerprint density at radius 1 is 0.441 bits per heavy atom. The first-order chi connectivity index (χ1) is 16.8. The van der Waals surface area contributed by atoms with E-state index in [9.17, 15) is 0 Å². The number of aromatic nitrogens is 1. The molecule has 0 aliphatic heterocycles. The molecule has 160 valence electrons. The van der Waals surface area contributed by atoms with Crippen molar-refractivity contribution >= 4 is 33.0 Å². The van der Waals surface area contributed by atoms with Crippen LogP contribution in [0.4, 0.5) is 0 Å². The molecule has 7 aromatic rings. The number of furan rings is 1. The van der Waals surface area contributed by atoms with E-state index in [-0.39, 0.29) is 0 Å². The van der Waals surface area contributed by atoms with Gasteiger partial charge in [-0.25, -0.2) is 4.98 Å². The van der Waals surface area contributed by atoms with Crippen molar-refractivity contribution in [3.8, 4) is 33.7 Å². The molecule has 0 saturated carbocycles. The highest BCUT2D eigenvalue weighted by Crippen LogP contribution is 2.37. The van der Waals surface area contributed by atoms with E-state index in [1.807, 2.05) is 48.5 Å². The summed E-state index contributed by atoms with van der Waals surface area (Å²) in [7, 11) is 0. The number of benzene rings is 5. The van der Waals surface area contributed by atoms with Gasteiger partial charge >= 0.3 is 0 Å². The van der Waals surface area contributed by atoms with Gasteiger partial charge in [-0.3, -0.25) is 0 Å². The number of oxazole rings is 1. The number of rotatable bonds is 3. The molecular formula is C31H19NO2. The van der Waals surface area contributed by atoms with Gasteiger partial charge in [-0.05, 0) is 35.4 Å². The molecule has 0 radical (unpaired) electrons. The maximum atomic E-state index is 6.27. The van der Waals surface area contributed by atoms with Gasteiger partial charge in [0.2, 0.25) is 5.89 Å². The summed E-state index contributed by atoms with van der Waals surface area (Å²) in [4.78, 5) is 4.77. The van der Waals surface area contributed by atoms with Crippen LogP contribution in [-0.4, -0.2) is 4.98 Å². The Kier molecular flexibility index (Phi) is 4.15. The van der Waals surface area contributed by atoms with Crippen molar-refractivity contribution in [2.75, 3.05) is 0 Å². The van der Waals surface area contributed by atoms with E-state index in [2.05, 4.69) is 66.7 Å². The smallest absolute Gasteiger partial charge is 0.227 e. The molecular weight excluding hydrogens is 418 g/mol. The van der Waals surface area contributed by atoms with Gasteiger partial charge in [-0.1, -0.05) is 91.0 Å². The molecule has 0 spiro atoms. The predicted molar refractivity (Wildman–Crippen MR) is 138 cm³/mol. The lowest BCUT2D eigenvalue weighted by atomic mass is 10.0. The average molecular weight is 437 g/mol. The lowest BCUT2D eigenvalue weighted by molar-refractivity contribution is 0.621. The highest BCUT2D eigenvalue weighted by Gasteiger charge is 2.15. The monoisotopic (exact) mass is 437 g/mol. The second-order valence-electron chi connectivity index (χ2n) is 8.40. The maximum Gasteiger partial charge on any atom is 0.227 e. The standard InChI is InChI=1S/C31H19NO2/c1-2-8-20(9-3-1)24-12-7-14-27-30(24)34-31(32-27)22-18-16-21(17-19-22)23-11-6-13-26-25-10-4-5-15-28(25)33-29(23)26/h1-19H. The zero-order chi connectivity index (χ0) is 22.5. The van der Waals surface area contributed by atoms with Crippen molar-refractivity contribution in [2.24, 2.45) is 0 Å². The van der Waals surface area contributed by atoms with Crippen LogP contribution >= 0.6 is 0 Å². The summed E-state index contributed by atoms with van der Waals surface area (Å²) in [5.41, 5.74) is 8.74. The minimum absolute atomic E-state index is 0.617. The quantitative estimate of drug-likeness (QED) is 0.277. The summed E-state index contributed by atoms with van der Waals surface area (Å²) >= 11 is 0. The van der Waals surface area contributed by atoms with E-state index in [1.54, 1.807) is 0 Å². The van der Waals surface area contributed by atoms with Gasteiger partial charge in [0.15, 0.2) is 5.58 Å². The first-order valence-corrected chi connectivity index (χ1v) is 11.3. The normalized spacial score (nSPS) is 11.5. The minimum Gasteiger partial charge on any atom is -0.455 e. The Morgan fingerprint density at radius 2 is 1.09 bits per heavy atom. The molecule has 0 amide bonds. The fourth-order valence-electron chi connectivity index (χ4n) is 4.68. The van der Waals surface area contributed by atoms with Gasteiger partial charge in [0.1, 0.15) is 16.7 Å². The largest absolute Gasteiger partial charge is 0.455 e. The van der Waals surface area contributed by atoms with E-state index >= 15 is 0 Å². The van der Waals surface area contributed by atoms with Crippen LogP contribution in [0.3, 0.4) is 0 Å². The first kappa shape index (κ1) is 18.9. The van der Waals surface area contributed by atoms with Crippen LogP contribution in [0.15, 0.2) is 124 Å². The maximum absolute atomic E-state index is 6.27.